The van der Waals surface area contributed by atoms with E-state index in [1.807, 2.05) is 60.7 Å². The molecular weight excluding hydrogens is 356 g/mol. The number of aromatic nitrogens is 4. The molecule has 0 spiro atoms. The van der Waals surface area contributed by atoms with Crippen molar-refractivity contribution < 1.29 is 4.74 Å². The predicted molar refractivity (Wildman–Crippen MR) is 101 cm³/mol. The maximum atomic E-state index is 5.94. The van der Waals surface area contributed by atoms with Gasteiger partial charge in [0.15, 0.2) is 5.82 Å². The average Bonchev–Trinajstić information content (AvgIpc) is 3.21. The van der Waals surface area contributed by atoms with E-state index in [9.17, 15) is 0 Å². The van der Waals surface area contributed by atoms with Crippen LogP contribution in [0.15, 0.2) is 48.5 Å². The van der Waals surface area contributed by atoms with Gasteiger partial charge in [-0.3, -0.25) is 0 Å². The summed E-state index contributed by atoms with van der Waals surface area (Å²) in [6.45, 7) is 0. The SMILES string of the molecule is COc1ccccc1C=Cc1nn2c(-c3ccc(Cl)cc3)nnc2s1. The van der Waals surface area contributed by atoms with Gasteiger partial charge in [-0.2, -0.15) is 9.61 Å². The molecule has 0 saturated heterocycles. The molecule has 0 amide bonds. The predicted octanol–water partition coefficient (Wildman–Crippen LogP) is 4.69. The third-order valence-corrected chi connectivity index (χ3v) is 4.77. The van der Waals surface area contributed by atoms with E-state index < -0.39 is 0 Å². The van der Waals surface area contributed by atoms with Crippen molar-refractivity contribution in [3.05, 3.63) is 64.1 Å². The van der Waals surface area contributed by atoms with Crippen molar-refractivity contribution in [2.75, 3.05) is 7.11 Å². The number of rotatable bonds is 4. The van der Waals surface area contributed by atoms with Crippen LogP contribution in [0.4, 0.5) is 0 Å². The molecule has 4 aromatic rings. The van der Waals surface area contributed by atoms with E-state index in [1.165, 1.54) is 11.3 Å². The third kappa shape index (κ3) is 3.14. The molecule has 0 N–H and O–H groups in total. The molecule has 5 nitrogen and oxygen atoms in total. The number of nitrogens with zero attached hydrogens (tertiary/aromatic N) is 4. The Labute approximate surface area is 153 Å². The van der Waals surface area contributed by atoms with Crippen molar-refractivity contribution in [1.82, 2.24) is 19.8 Å². The zero-order valence-corrected chi connectivity index (χ0v) is 14.8. The molecule has 0 aliphatic rings. The van der Waals surface area contributed by atoms with Crippen molar-refractivity contribution in [3.8, 4) is 17.1 Å². The monoisotopic (exact) mass is 368 g/mol. The van der Waals surface area contributed by atoms with E-state index in [1.54, 1.807) is 11.6 Å². The first kappa shape index (κ1) is 15.8. The first-order valence-corrected chi connectivity index (χ1v) is 8.73. The summed E-state index contributed by atoms with van der Waals surface area (Å²) in [5.41, 5.74) is 1.91. The van der Waals surface area contributed by atoms with Gasteiger partial charge in [0.25, 0.3) is 0 Å². The van der Waals surface area contributed by atoms with Crippen LogP contribution in [0.3, 0.4) is 0 Å². The largest absolute Gasteiger partial charge is 0.496 e. The number of fused-ring (bicyclic) bond motifs is 1. The lowest BCUT2D eigenvalue weighted by molar-refractivity contribution is 0.414. The summed E-state index contributed by atoms with van der Waals surface area (Å²) in [7, 11) is 1.66. The number of methoxy groups -OCH3 is 1. The molecule has 2 aromatic heterocycles. The van der Waals surface area contributed by atoms with Crippen LogP contribution in [0.1, 0.15) is 10.6 Å². The van der Waals surface area contributed by atoms with Gasteiger partial charge in [0.1, 0.15) is 10.8 Å². The number of para-hydroxylation sites is 1. The third-order valence-electron chi connectivity index (χ3n) is 3.65. The molecular formula is C18H13ClN4OS. The second-order valence-electron chi connectivity index (χ2n) is 5.24. The van der Waals surface area contributed by atoms with Gasteiger partial charge in [-0.25, -0.2) is 0 Å². The number of ether oxygens (including phenoxy) is 1. The van der Waals surface area contributed by atoms with Gasteiger partial charge in [0, 0.05) is 16.1 Å². The van der Waals surface area contributed by atoms with Crippen LogP contribution in [0, 0.1) is 0 Å². The summed E-state index contributed by atoms with van der Waals surface area (Å²) >= 11 is 7.42. The van der Waals surface area contributed by atoms with E-state index in [2.05, 4.69) is 15.3 Å². The second-order valence-corrected chi connectivity index (χ2v) is 6.66. The molecule has 0 fully saturated rings. The molecule has 2 aromatic carbocycles. The lowest BCUT2D eigenvalue weighted by atomic mass is 10.2. The van der Waals surface area contributed by atoms with Gasteiger partial charge in [-0.15, -0.1) is 10.2 Å². The summed E-state index contributed by atoms with van der Waals surface area (Å²) in [4.78, 5) is 0.740. The summed E-state index contributed by atoms with van der Waals surface area (Å²) in [5.74, 6) is 1.52. The van der Waals surface area contributed by atoms with Gasteiger partial charge < -0.3 is 4.74 Å². The van der Waals surface area contributed by atoms with Gasteiger partial charge >= 0.3 is 0 Å². The maximum absolute atomic E-state index is 5.94. The van der Waals surface area contributed by atoms with Crippen LogP contribution in [0.25, 0.3) is 28.5 Å². The Hall–Kier alpha value is -2.70. The lowest BCUT2D eigenvalue weighted by Gasteiger charge is -2.02. The Kier molecular flexibility index (Phi) is 4.21. The van der Waals surface area contributed by atoms with Crippen molar-refractivity contribution in [3.63, 3.8) is 0 Å². The molecule has 0 aliphatic carbocycles. The van der Waals surface area contributed by atoms with Crippen LogP contribution in [0.2, 0.25) is 5.02 Å². The highest BCUT2D eigenvalue weighted by Crippen LogP contribution is 2.25. The minimum Gasteiger partial charge on any atom is -0.496 e. The second kappa shape index (κ2) is 6.66. The van der Waals surface area contributed by atoms with Gasteiger partial charge in [0.05, 0.1) is 7.11 Å². The average molecular weight is 369 g/mol. The highest BCUT2D eigenvalue weighted by molar-refractivity contribution is 7.17. The molecule has 2 heterocycles. The summed E-state index contributed by atoms with van der Waals surface area (Å²) in [6, 6.07) is 15.3. The number of halogens is 1. The summed E-state index contributed by atoms with van der Waals surface area (Å²) < 4.78 is 7.10. The first-order valence-electron chi connectivity index (χ1n) is 7.54. The molecule has 124 valence electrons. The van der Waals surface area contributed by atoms with Crippen molar-refractivity contribution in [2.45, 2.75) is 0 Å². The van der Waals surface area contributed by atoms with Crippen LogP contribution < -0.4 is 4.74 Å². The van der Waals surface area contributed by atoms with Gasteiger partial charge in [-0.05, 0) is 42.5 Å². The molecule has 25 heavy (non-hydrogen) atoms. The molecule has 0 radical (unpaired) electrons. The lowest BCUT2D eigenvalue weighted by Crippen LogP contribution is -1.90. The Balaban J connectivity index is 1.68. The Morgan fingerprint density at radius 3 is 2.64 bits per heavy atom. The Morgan fingerprint density at radius 1 is 1.04 bits per heavy atom. The molecule has 0 atom stereocenters. The highest BCUT2D eigenvalue weighted by Gasteiger charge is 2.12. The van der Waals surface area contributed by atoms with E-state index in [-0.39, 0.29) is 0 Å². The van der Waals surface area contributed by atoms with E-state index in [4.69, 9.17) is 16.3 Å². The normalized spacial score (nSPS) is 11.4. The van der Waals surface area contributed by atoms with Crippen molar-refractivity contribution in [2.24, 2.45) is 0 Å². The molecule has 0 unspecified atom stereocenters. The zero-order chi connectivity index (χ0) is 17.2. The van der Waals surface area contributed by atoms with Crippen LogP contribution >= 0.6 is 22.9 Å². The quantitative estimate of drug-likeness (QED) is 0.524. The van der Waals surface area contributed by atoms with Crippen LogP contribution in [-0.2, 0) is 0 Å². The number of hydrogen-bond acceptors (Lipinski definition) is 5. The van der Waals surface area contributed by atoms with Gasteiger partial charge in [0.2, 0.25) is 4.96 Å². The molecule has 4 rings (SSSR count). The zero-order valence-electron chi connectivity index (χ0n) is 13.3. The fourth-order valence-electron chi connectivity index (χ4n) is 2.44. The summed E-state index contributed by atoms with van der Waals surface area (Å²) in [6.07, 6.45) is 3.93. The van der Waals surface area contributed by atoms with Gasteiger partial charge in [-0.1, -0.05) is 41.1 Å². The first-order chi connectivity index (χ1) is 12.2. The molecule has 7 heteroatoms. The fraction of sp³-hybridized carbons (Fsp3) is 0.0556. The van der Waals surface area contributed by atoms with E-state index in [0.717, 1.165) is 26.8 Å². The number of benzene rings is 2. The highest BCUT2D eigenvalue weighted by atomic mass is 35.5. The molecule has 0 saturated carbocycles. The minimum absolute atomic E-state index is 0.684. The Bertz CT molecular complexity index is 1050. The van der Waals surface area contributed by atoms with Crippen molar-refractivity contribution >= 4 is 40.1 Å². The number of hydrogen-bond donors (Lipinski definition) is 0. The van der Waals surface area contributed by atoms with E-state index >= 15 is 0 Å². The molecule has 0 aliphatic heterocycles. The maximum Gasteiger partial charge on any atom is 0.235 e. The van der Waals surface area contributed by atoms with Crippen LogP contribution in [0.5, 0.6) is 5.75 Å². The van der Waals surface area contributed by atoms with E-state index in [0.29, 0.717) is 10.8 Å². The standard InChI is InChI=1S/C18H13ClN4OS/c1-24-15-5-3-2-4-12(15)8-11-16-22-23-17(20-21-18(23)25-16)13-6-9-14(19)10-7-13/h2-11H,1H3. The topological polar surface area (TPSA) is 52.3 Å². The smallest absolute Gasteiger partial charge is 0.235 e. The summed E-state index contributed by atoms with van der Waals surface area (Å²) in [5, 5.41) is 14.5. The minimum atomic E-state index is 0.684. The van der Waals surface area contributed by atoms with Crippen molar-refractivity contribution in [1.29, 1.82) is 0 Å². The van der Waals surface area contributed by atoms with Crippen LogP contribution in [-0.4, -0.2) is 26.9 Å². The Morgan fingerprint density at radius 2 is 1.84 bits per heavy atom. The fourth-order valence-corrected chi connectivity index (χ4v) is 3.31. The molecule has 0 bridgehead atoms.